The fraction of sp³-hybridized carbons (Fsp3) is 0.529. The molecule has 1 amide bonds. The fourth-order valence-electron chi connectivity index (χ4n) is 2.99. The molecule has 7 nitrogen and oxygen atoms in total. The van der Waals surface area contributed by atoms with Gasteiger partial charge < -0.3 is 10.2 Å². The average molecular weight is 328 g/mol. The molecule has 0 radical (unpaired) electrons. The van der Waals surface area contributed by atoms with Crippen molar-refractivity contribution in [3.05, 3.63) is 29.7 Å². The quantitative estimate of drug-likeness (QED) is 0.933. The van der Waals surface area contributed by atoms with Crippen LogP contribution >= 0.6 is 0 Å². The van der Waals surface area contributed by atoms with E-state index in [1.54, 1.807) is 4.68 Å². The molecule has 1 unspecified atom stereocenters. The molecule has 0 spiro atoms. The molecule has 128 valence electrons. The normalized spacial score (nSPS) is 16.8. The molecule has 1 N–H and O–H groups in total. The van der Waals surface area contributed by atoms with E-state index in [9.17, 15) is 4.79 Å². The number of nitrogens with one attached hydrogen (secondary N) is 1. The van der Waals surface area contributed by atoms with E-state index in [4.69, 9.17) is 0 Å². The number of rotatable bonds is 4. The first kappa shape index (κ1) is 16.4. The molecular weight excluding hydrogens is 304 g/mol. The Hall–Kier alpha value is -2.44. The highest BCUT2D eigenvalue weighted by Gasteiger charge is 2.42. The second-order valence-electron chi connectivity index (χ2n) is 6.85. The third kappa shape index (κ3) is 2.74. The molecule has 7 heteroatoms. The van der Waals surface area contributed by atoms with Crippen molar-refractivity contribution in [2.24, 2.45) is 13.0 Å². The summed E-state index contributed by atoms with van der Waals surface area (Å²) in [6.07, 6.45) is 4.50. The van der Waals surface area contributed by atoms with Crippen LogP contribution in [0.1, 0.15) is 45.4 Å². The minimum absolute atomic E-state index is 0.0117. The molecule has 2 aromatic heterocycles. The predicted octanol–water partition coefficient (Wildman–Crippen LogP) is 2.58. The maximum absolute atomic E-state index is 12.7. The minimum Gasteiger partial charge on any atom is -0.327 e. The van der Waals surface area contributed by atoms with Crippen molar-refractivity contribution in [3.8, 4) is 0 Å². The summed E-state index contributed by atoms with van der Waals surface area (Å²) in [5, 5.41) is 7.37. The average Bonchev–Trinajstić information content (AvgIpc) is 3.06. The lowest BCUT2D eigenvalue weighted by Crippen LogP contribution is -2.42. The van der Waals surface area contributed by atoms with Gasteiger partial charge in [0.2, 0.25) is 11.9 Å². The molecular formula is C17H24N6O. The van der Waals surface area contributed by atoms with Gasteiger partial charge in [-0.1, -0.05) is 13.8 Å². The van der Waals surface area contributed by atoms with Crippen LogP contribution in [0.3, 0.4) is 0 Å². The van der Waals surface area contributed by atoms with E-state index >= 15 is 0 Å². The number of carbonyl (C=O) groups excluding carboxylic acids is 1. The van der Waals surface area contributed by atoms with Crippen molar-refractivity contribution in [3.63, 3.8) is 0 Å². The highest BCUT2D eigenvalue weighted by atomic mass is 16.2. The maximum Gasteiger partial charge on any atom is 0.228 e. The molecule has 1 aliphatic heterocycles. The lowest BCUT2D eigenvalue weighted by Gasteiger charge is -2.33. The van der Waals surface area contributed by atoms with Crippen molar-refractivity contribution in [1.82, 2.24) is 24.6 Å². The van der Waals surface area contributed by atoms with Gasteiger partial charge in [0.15, 0.2) is 5.82 Å². The Labute approximate surface area is 142 Å². The number of nitrogens with zero attached hydrogens (tertiary/aromatic N) is 5. The van der Waals surface area contributed by atoms with E-state index in [0.29, 0.717) is 18.3 Å². The number of hydrogen-bond acceptors (Lipinski definition) is 5. The van der Waals surface area contributed by atoms with E-state index in [2.05, 4.69) is 20.4 Å². The number of aryl methyl sites for hydroxylation is 1. The Bertz CT molecular complexity index is 766. The fourth-order valence-corrected chi connectivity index (χ4v) is 2.99. The second-order valence-corrected chi connectivity index (χ2v) is 6.85. The van der Waals surface area contributed by atoms with E-state index in [1.165, 1.54) is 0 Å². The molecule has 3 rings (SSSR count). The molecule has 0 bridgehead atoms. The monoisotopic (exact) mass is 328 g/mol. The molecule has 1 aliphatic rings. The molecule has 24 heavy (non-hydrogen) atoms. The van der Waals surface area contributed by atoms with Gasteiger partial charge in [0.05, 0.1) is 17.8 Å². The van der Waals surface area contributed by atoms with Crippen LogP contribution in [-0.2, 0) is 23.9 Å². The summed E-state index contributed by atoms with van der Waals surface area (Å²) in [5.74, 6) is 1.38. The Morgan fingerprint density at radius 2 is 2.21 bits per heavy atom. The van der Waals surface area contributed by atoms with Gasteiger partial charge in [-0.3, -0.25) is 9.48 Å². The van der Waals surface area contributed by atoms with Crippen LogP contribution in [0, 0.1) is 5.92 Å². The minimum atomic E-state index is -0.390. The molecule has 0 aromatic carbocycles. The predicted molar refractivity (Wildman–Crippen MR) is 91.6 cm³/mol. The smallest absolute Gasteiger partial charge is 0.228 e. The molecule has 0 saturated carbocycles. The topological polar surface area (TPSA) is 75.9 Å². The SMILES string of the molecule is CCC(C)C(=O)N1Cc2nc(Nc3ccn(C)n3)ncc2C1(C)C. The van der Waals surface area contributed by atoms with Gasteiger partial charge in [0.25, 0.3) is 0 Å². The summed E-state index contributed by atoms with van der Waals surface area (Å²) >= 11 is 0. The zero-order valence-corrected chi connectivity index (χ0v) is 14.9. The van der Waals surface area contributed by atoms with Crippen LogP contribution in [-0.4, -0.2) is 30.6 Å². The van der Waals surface area contributed by atoms with Crippen LogP contribution in [0.4, 0.5) is 11.8 Å². The van der Waals surface area contributed by atoms with Crippen molar-refractivity contribution in [2.45, 2.75) is 46.2 Å². The number of hydrogen-bond donors (Lipinski definition) is 1. The highest BCUT2D eigenvalue weighted by Crippen LogP contribution is 2.39. The summed E-state index contributed by atoms with van der Waals surface area (Å²) in [7, 11) is 1.86. The molecule has 0 saturated heterocycles. The van der Waals surface area contributed by atoms with Crippen molar-refractivity contribution in [2.75, 3.05) is 5.32 Å². The van der Waals surface area contributed by atoms with Gasteiger partial charge in [0, 0.05) is 37.0 Å². The van der Waals surface area contributed by atoms with Gasteiger partial charge >= 0.3 is 0 Å². The number of amides is 1. The molecule has 0 aliphatic carbocycles. The van der Waals surface area contributed by atoms with Gasteiger partial charge in [0.1, 0.15) is 0 Å². The first-order valence-corrected chi connectivity index (χ1v) is 8.27. The van der Waals surface area contributed by atoms with E-state index < -0.39 is 0 Å². The van der Waals surface area contributed by atoms with Crippen molar-refractivity contribution in [1.29, 1.82) is 0 Å². The summed E-state index contributed by atoms with van der Waals surface area (Å²) in [4.78, 5) is 23.6. The van der Waals surface area contributed by atoms with E-state index in [0.717, 1.165) is 17.7 Å². The standard InChI is InChI=1S/C17H24N6O/c1-6-11(2)15(24)23-10-13-12(17(23,3)4)9-18-16(19-13)20-14-7-8-22(5)21-14/h7-9,11H,6,10H2,1-5H3,(H,18,19,20,21). The van der Waals surface area contributed by atoms with Crippen LogP contribution < -0.4 is 5.32 Å². The third-order valence-electron chi connectivity index (χ3n) is 4.76. The summed E-state index contributed by atoms with van der Waals surface area (Å²) < 4.78 is 1.71. The largest absolute Gasteiger partial charge is 0.327 e. The van der Waals surface area contributed by atoms with E-state index in [-0.39, 0.29) is 17.4 Å². The molecule has 2 aromatic rings. The first-order valence-electron chi connectivity index (χ1n) is 8.27. The summed E-state index contributed by atoms with van der Waals surface area (Å²) in [5.41, 5.74) is 1.51. The Morgan fingerprint density at radius 1 is 1.46 bits per heavy atom. The van der Waals surface area contributed by atoms with Crippen LogP contribution in [0.5, 0.6) is 0 Å². The highest BCUT2D eigenvalue weighted by molar-refractivity contribution is 5.80. The maximum atomic E-state index is 12.7. The zero-order valence-electron chi connectivity index (χ0n) is 14.9. The van der Waals surface area contributed by atoms with Gasteiger partial charge in [-0.2, -0.15) is 5.10 Å². The number of aromatic nitrogens is 4. The molecule has 1 atom stereocenters. The van der Waals surface area contributed by atoms with Gasteiger partial charge in [-0.25, -0.2) is 9.97 Å². The van der Waals surface area contributed by atoms with Crippen molar-refractivity contribution >= 4 is 17.7 Å². The Morgan fingerprint density at radius 3 is 2.83 bits per heavy atom. The lowest BCUT2D eigenvalue weighted by atomic mass is 9.95. The van der Waals surface area contributed by atoms with Crippen LogP contribution in [0.25, 0.3) is 0 Å². The number of carbonyl (C=O) groups is 1. The van der Waals surface area contributed by atoms with Crippen LogP contribution in [0.15, 0.2) is 18.5 Å². The Kier molecular flexibility index (Phi) is 4.03. The zero-order chi connectivity index (χ0) is 17.5. The third-order valence-corrected chi connectivity index (χ3v) is 4.76. The number of anilines is 2. The summed E-state index contributed by atoms with van der Waals surface area (Å²) in [6.45, 7) is 8.63. The molecule has 3 heterocycles. The van der Waals surface area contributed by atoms with Gasteiger partial charge in [-0.05, 0) is 20.3 Å². The van der Waals surface area contributed by atoms with Crippen molar-refractivity contribution < 1.29 is 4.79 Å². The lowest BCUT2D eigenvalue weighted by molar-refractivity contribution is -0.140. The summed E-state index contributed by atoms with van der Waals surface area (Å²) in [6, 6.07) is 1.86. The second kappa shape index (κ2) is 5.89. The first-order chi connectivity index (χ1) is 11.3. The Balaban J connectivity index is 1.86. The number of fused-ring (bicyclic) bond motifs is 1. The van der Waals surface area contributed by atoms with Crippen LogP contribution in [0.2, 0.25) is 0 Å². The molecule has 0 fully saturated rings. The van der Waals surface area contributed by atoms with Gasteiger partial charge in [-0.15, -0.1) is 0 Å². The van der Waals surface area contributed by atoms with E-state index in [1.807, 2.05) is 58.1 Å².